The van der Waals surface area contributed by atoms with Crippen molar-refractivity contribution in [2.45, 2.75) is 20.4 Å². The van der Waals surface area contributed by atoms with Crippen LogP contribution in [0.2, 0.25) is 0 Å². The smallest absolute Gasteiger partial charge is 0.153 e. The molecule has 2 rings (SSSR count). The Morgan fingerprint density at radius 1 is 1.29 bits per heavy atom. The zero-order valence-corrected chi connectivity index (χ0v) is 11.9. The summed E-state index contributed by atoms with van der Waals surface area (Å²) < 4.78 is 3.09. The Bertz CT molecular complexity index is 543. The third-order valence-corrected chi connectivity index (χ3v) is 3.52. The molecule has 1 heterocycles. The van der Waals surface area contributed by atoms with Crippen molar-refractivity contribution in [3.05, 3.63) is 50.4 Å². The van der Waals surface area contributed by atoms with Gasteiger partial charge in [0.2, 0.25) is 0 Å². The Hall–Kier alpha value is -1.17. The molecular formula is C13H13IN2O. The normalized spacial score (nSPS) is 10.5. The lowest BCUT2D eigenvalue weighted by atomic mass is 10.2. The van der Waals surface area contributed by atoms with Crippen molar-refractivity contribution in [1.82, 2.24) is 9.78 Å². The van der Waals surface area contributed by atoms with Crippen molar-refractivity contribution in [2.24, 2.45) is 0 Å². The Balaban J connectivity index is 2.30. The quantitative estimate of drug-likeness (QED) is 0.636. The van der Waals surface area contributed by atoms with Crippen LogP contribution in [0.5, 0.6) is 0 Å². The molecule has 0 saturated heterocycles. The molecule has 88 valence electrons. The van der Waals surface area contributed by atoms with E-state index in [4.69, 9.17) is 0 Å². The van der Waals surface area contributed by atoms with E-state index < -0.39 is 0 Å². The Kier molecular flexibility index (Phi) is 3.61. The molecule has 1 aromatic carbocycles. The number of aldehydes is 1. The summed E-state index contributed by atoms with van der Waals surface area (Å²) in [5.74, 6) is 0. The third kappa shape index (κ3) is 2.57. The average Bonchev–Trinajstić information content (AvgIpc) is 2.57. The first kappa shape index (κ1) is 12.3. The SMILES string of the molecule is Cc1nn(Cc2ccc(I)cc2)c(C)c1C=O. The highest BCUT2D eigenvalue weighted by atomic mass is 127. The number of rotatable bonds is 3. The minimum atomic E-state index is 0.704. The second kappa shape index (κ2) is 5.00. The Labute approximate surface area is 114 Å². The van der Waals surface area contributed by atoms with E-state index in [0.717, 1.165) is 17.7 Å². The lowest BCUT2D eigenvalue weighted by Crippen LogP contribution is -2.04. The van der Waals surface area contributed by atoms with E-state index >= 15 is 0 Å². The molecule has 0 aliphatic heterocycles. The molecule has 0 aliphatic carbocycles. The molecule has 0 spiro atoms. The fourth-order valence-electron chi connectivity index (χ4n) is 1.80. The summed E-state index contributed by atoms with van der Waals surface area (Å²) in [6.07, 6.45) is 0.877. The van der Waals surface area contributed by atoms with Gasteiger partial charge in [-0.2, -0.15) is 5.10 Å². The van der Waals surface area contributed by atoms with Crippen molar-refractivity contribution in [2.75, 3.05) is 0 Å². The summed E-state index contributed by atoms with van der Waals surface area (Å²) in [6, 6.07) is 8.31. The largest absolute Gasteiger partial charge is 0.298 e. The van der Waals surface area contributed by atoms with Crippen LogP contribution in [-0.4, -0.2) is 16.1 Å². The second-order valence-corrected chi connectivity index (χ2v) is 5.23. The first-order valence-corrected chi connectivity index (χ1v) is 6.43. The fourth-order valence-corrected chi connectivity index (χ4v) is 2.16. The van der Waals surface area contributed by atoms with Gasteiger partial charge in [0, 0.05) is 9.26 Å². The highest BCUT2D eigenvalue weighted by molar-refractivity contribution is 14.1. The number of hydrogen-bond donors (Lipinski definition) is 0. The van der Waals surface area contributed by atoms with Crippen LogP contribution in [0.25, 0.3) is 0 Å². The molecule has 0 saturated carbocycles. The predicted octanol–water partition coefficient (Wildman–Crippen LogP) is 2.97. The van der Waals surface area contributed by atoms with Crippen LogP contribution in [-0.2, 0) is 6.54 Å². The van der Waals surface area contributed by atoms with Gasteiger partial charge in [-0.1, -0.05) is 12.1 Å². The number of halogens is 1. The molecule has 0 radical (unpaired) electrons. The van der Waals surface area contributed by atoms with Crippen LogP contribution in [0, 0.1) is 17.4 Å². The number of hydrogen-bond acceptors (Lipinski definition) is 2. The van der Waals surface area contributed by atoms with Crippen molar-refractivity contribution >= 4 is 28.9 Å². The summed E-state index contributed by atoms with van der Waals surface area (Å²) in [4.78, 5) is 10.9. The van der Waals surface area contributed by atoms with E-state index in [0.29, 0.717) is 12.1 Å². The molecule has 0 bridgehead atoms. The highest BCUT2D eigenvalue weighted by Gasteiger charge is 2.10. The first-order valence-electron chi connectivity index (χ1n) is 5.35. The monoisotopic (exact) mass is 340 g/mol. The summed E-state index contributed by atoms with van der Waals surface area (Å²) >= 11 is 2.28. The maximum absolute atomic E-state index is 10.9. The lowest BCUT2D eigenvalue weighted by Gasteiger charge is -2.04. The van der Waals surface area contributed by atoms with Gasteiger partial charge in [0.15, 0.2) is 6.29 Å². The zero-order chi connectivity index (χ0) is 12.4. The minimum Gasteiger partial charge on any atom is -0.298 e. The topological polar surface area (TPSA) is 34.9 Å². The van der Waals surface area contributed by atoms with E-state index in [1.807, 2.05) is 18.5 Å². The van der Waals surface area contributed by atoms with Gasteiger partial charge < -0.3 is 0 Å². The summed E-state index contributed by atoms with van der Waals surface area (Å²) in [5, 5.41) is 4.38. The van der Waals surface area contributed by atoms with Gasteiger partial charge in [0.05, 0.1) is 17.8 Å². The van der Waals surface area contributed by atoms with Crippen molar-refractivity contribution in [1.29, 1.82) is 0 Å². The van der Waals surface area contributed by atoms with Gasteiger partial charge in [-0.25, -0.2) is 0 Å². The highest BCUT2D eigenvalue weighted by Crippen LogP contribution is 2.13. The van der Waals surface area contributed by atoms with Crippen molar-refractivity contribution in [3.8, 4) is 0 Å². The van der Waals surface area contributed by atoms with Crippen LogP contribution in [0.3, 0.4) is 0 Å². The van der Waals surface area contributed by atoms with E-state index in [9.17, 15) is 4.79 Å². The van der Waals surface area contributed by atoms with Gasteiger partial charge in [0.1, 0.15) is 0 Å². The standard InChI is InChI=1S/C13H13IN2O/c1-9-13(8-17)10(2)16(15-9)7-11-3-5-12(14)6-4-11/h3-6,8H,7H2,1-2H3. The molecule has 2 aromatic rings. The van der Waals surface area contributed by atoms with E-state index in [-0.39, 0.29) is 0 Å². The number of benzene rings is 1. The molecule has 0 atom stereocenters. The molecule has 0 unspecified atom stereocenters. The molecule has 0 aliphatic rings. The van der Waals surface area contributed by atoms with Crippen LogP contribution in [0.15, 0.2) is 24.3 Å². The minimum absolute atomic E-state index is 0.704. The predicted molar refractivity (Wildman–Crippen MR) is 75.3 cm³/mol. The molecule has 0 amide bonds. The average molecular weight is 340 g/mol. The van der Waals surface area contributed by atoms with Gasteiger partial charge in [0.25, 0.3) is 0 Å². The molecule has 0 N–H and O–H groups in total. The van der Waals surface area contributed by atoms with E-state index in [1.54, 1.807) is 0 Å². The molecule has 3 nitrogen and oxygen atoms in total. The van der Waals surface area contributed by atoms with Gasteiger partial charge in [-0.3, -0.25) is 9.48 Å². The fraction of sp³-hybridized carbons (Fsp3) is 0.231. The number of carbonyl (C=O) groups excluding carboxylic acids is 1. The number of nitrogens with zero attached hydrogens (tertiary/aromatic N) is 2. The van der Waals surface area contributed by atoms with Gasteiger partial charge >= 0.3 is 0 Å². The van der Waals surface area contributed by atoms with Crippen LogP contribution >= 0.6 is 22.6 Å². The van der Waals surface area contributed by atoms with Crippen molar-refractivity contribution in [3.63, 3.8) is 0 Å². The summed E-state index contributed by atoms with van der Waals surface area (Å²) in [7, 11) is 0. The zero-order valence-electron chi connectivity index (χ0n) is 9.77. The van der Waals surface area contributed by atoms with Crippen LogP contribution in [0.4, 0.5) is 0 Å². The van der Waals surface area contributed by atoms with E-state index in [2.05, 4.69) is 52.0 Å². The van der Waals surface area contributed by atoms with Crippen LogP contribution in [0.1, 0.15) is 27.3 Å². The molecule has 4 heteroatoms. The maximum atomic E-state index is 10.9. The second-order valence-electron chi connectivity index (χ2n) is 3.99. The number of carbonyl (C=O) groups is 1. The molecule has 0 fully saturated rings. The Morgan fingerprint density at radius 2 is 1.94 bits per heavy atom. The number of aromatic nitrogens is 2. The summed E-state index contributed by atoms with van der Waals surface area (Å²) in [5.41, 5.74) is 3.61. The van der Waals surface area contributed by atoms with Crippen molar-refractivity contribution < 1.29 is 4.79 Å². The Morgan fingerprint density at radius 3 is 2.47 bits per heavy atom. The maximum Gasteiger partial charge on any atom is 0.153 e. The molecule has 1 aromatic heterocycles. The molecular weight excluding hydrogens is 327 g/mol. The van der Waals surface area contributed by atoms with E-state index in [1.165, 1.54) is 9.13 Å². The third-order valence-electron chi connectivity index (χ3n) is 2.80. The van der Waals surface area contributed by atoms with Crippen LogP contribution < -0.4 is 0 Å². The lowest BCUT2D eigenvalue weighted by molar-refractivity contribution is 0.112. The van der Waals surface area contributed by atoms with Gasteiger partial charge in [-0.05, 0) is 54.1 Å². The summed E-state index contributed by atoms with van der Waals surface area (Å²) in [6.45, 7) is 4.50. The first-order chi connectivity index (χ1) is 8.11. The molecule has 17 heavy (non-hydrogen) atoms. The van der Waals surface area contributed by atoms with Gasteiger partial charge in [-0.15, -0.1) is 0 Å². The number of aryl methyl sites for hydroxylation is 1.